The highest BCUT2D eigenvalue weighted by atomic mass is 19.1. The summed E-state index contributed by atoms with van der Waals surface area (Å²) >= 11 is 0. The van der Waals surface area contributed by atoms with Gasteiger partial charge in [0.05, 0.1) is 39.9 Å². The van der Waals surface area contributed by atoms with Gasteiger partial charge < -0.3 is 34.5 Å². The van der Waals surface area contributed by atoms with Crippen LogP contribution in [-0.2, 0) is 9.53 Å². The largest absolute Gasteiger partial charge is 0.504 e. The molecule has 0 spiro atoms. The lowest BCUT2D eigenvalue weighted by Crippen LogP contribution is -2.37. The van der Waals surface area contributed by atoms with Crippen LogP contribution in [0.4, 0.5) is 10.1 Å². The molecule has 36 heavy (non-hydrogen) atoms. The van der Waals surface area contributed by atoms with Crippen molar-refractivity contribution in [1.29, 1.82) is 0 Å². The number of hydrogen-bond donors (Lipinski definition) is 3. The zero-order valence-electron chi connectivity index (χ0n) is 19.9. The third-order valence-corrected chi connectivity index (χ3v) is 7.00. The Balaban J connectivity index is 1.71. The van der Waals surface area contributed by atoms with E-state index in [0.717, 1.165) is 0 Å². The van der Waals surface area contributed by atoms with Crippen LogP contribution in [-0.4, -0.2) is 44.1 Å². The van der Waals surface area contributed by atoms with Gasteiger partial charge in [0.25, 0.3) is 0 Å². The smallest absolute Gasteiger partial charge is 0.310 e. The summed E-state index contributed by atoms with van der Waals surface area (Å²) in [5.41, 5.74) is 2.67. The average Bonchev–Trinajstić information content (AvgIpc) is 3.26. The van der Waals surface area contributed by atoms with Gasteiger partial charge in [0.1, 0.15) is 5.82 Å². The van der Waals surface area contributed by atoms with E-state index >= 15 is 0 Å². The molecule has 9 heteroatoms. The first kappa shape index (κ1) is 23.6. The number of ether oxygens (including phenoxy) is 4. The van der Waals surface area contributed by atoms with Crippen molar-refractivity contribution in [3.63, 3.8) is 0 Å². The van der Waals surface area contributed by atoms with E-state index in [4.69, 9.17) is 18.9 Å². The maximum Gasteiger partial charge on any atom is 0.310 e. The van der Waals surface area contributed by atoms with Crippen molar-refractivity contribution in [2.75, 3.05) is 33.3 Å². The first-order valence-corrected chi connectivity index (χ1v) is 11.4. The number of esters is 1. The van der Waals surface area contributed by atoms with Gasteiger partial charge in [-0.1, -0.05) is 0 Å². The Morgan fingerprint density at radius 3 is 2.11 bits per heavy atom. The number of nitrogens with one attached hydrogen (secondary N) is 1. The molecule has 1 saturated heterocycles. The maximum atomic E-state index is 13.5. The number of phenols is 2. The average molecular weight is 496 g/mol. The lowest BCUT2D eigenvalue weighted by molar-refractivity contribution is -0.141. The minimum absolute atomic E-state index is 0.157. The lowest BCUT2D eigenvalue weighted by Gasteiger charge is -2.40. The number of benzene rings is 3. The summed E-state index contributed by atoms with van der Waals surface area (Å²) in [4.78, 5) is 13.1. The summed E-state index contributed by atoms with van der Waals surface area (Å²) in [6.07, 6.45) is 0. The SMILES string of the molecule is COc1cc([C@@H]2c3cc(O)c(O)cc3[C@@H](Nc3ccc(F)cc3)[C@H]3COC(=O)[C@H]23)cc(OC)c1OC. The molecule has 3 aromatic carbocycles. The number of carbonyl (C=O) groups excluding carboxylic acids is 1. The van der Waals surface area contributed by atoms with Crippen LogP contribution in [0.25, 0.3) is 0 Å². The predicted molar refractivity (Wildman–Crippen MR) is 128 cm³/mol. The first-order chi connectivity index (χ1) is 17.4. The van der Waals surface area contributed by atoms with Crippen molar-refractivity contribution in [3.8, 4) is 28.7 Å². The van der Waals surface area contributed by atoms with Crippen LogP contribution in [0.3, 0.4) is 0 Å². The molecule has 1 fully saturated rings. The van der Waals surface area contributed by atoms with Crippen molar-refractivity contribution < 1.29 is 38.3 Å². The van der Waals surface area contributed by atoms with Gasteiger partial charge in [0, 0.05) is 17.5 Å². The second kappa shape index (κ2) is 9.14. The molecule has 1 heterocycles. The van der Waals surface area contributed by atoms with E-state index < -0.39 is 17.9 Å². The number of halogens is 1. The Morgan fingerprint density at radius 1 is 0.917 bits per heavy atom. The van der Waals surface area contributed by atoms with E-state index in [1.807, 2.05) is 0 Å². The Hall–Kier alpha value is -4.14. The molecule has 0 saturated carbocycles. The number of rotatable bonds is 6. The number of fused-ring (bicyclic) bond motifs is 2. The summed E-state index contributed by atoms with van der Waals surface area (Å²) < 4.78 is 35.6. The third kappa shape index (κ3) is 3.80. The summed E-state index contributed by atoms with van der Waals surface area (Å²) in [5, 5.41) is 24.2. The fraction of sp³-hybridized carbons (Fsp3) is 0.296. The molecule has 3 N–H and O–H groups in total. The Morgan fingerprint density at radius 2 is 1.53 bits per heavy atom. The molecule has 8 nitrogen and oxygen atoms in total. The minimum Gasteiger partial charge on any atom is -0.504 e. The van der Waals surface area contributed by atoms with Crippen molar-refractivity contribution in [3.05, 3.63) is 71.0 Å². The number of aromatic hydroxyl groups is 2. The van der Waals surface area contributed by atoms with Gasteiger partial charge in [-0.05, 0) is 65.2 Å². The molecule has 1 aliphatic carbocycles. The molecule has 5 rings (SSSR count). The van der Waals surface area contributed by atoms with Gasteiger partial charge >= 0.3 is 5.97 Å². The first-order valence-electron chi connectivity index (χ1n) is 11.4. The zero-order valence-corrected chi connectivity index (χ0v) is 19.9. The van der Waals surface area contributed by atoms with Crippen molar-refractivity contribution in [1.82, 2.24) is 0 Å². The van der Waals surface area contributed by atoms with E-state index in [0.29, 0.717) is 39.6 Å². The number of methoxy groups -OCH3 is 3. The molecule has 4 atom stereocenters. The van der Waals surface area contributed by atoms with Gasteiger partial charge in [-0.15, -0.1) is 0 Å². The maximum absolute atomic E-state index is 13.5. The van der Waals surface area contributed by atoms with Crippen LogP contribution in [0.2, 0.25) is 0 Å². The molecule has 0 radical (unpaired) electrons. The summed E-state index contributed by atoms with van der Waals surface area (Å²) in [7, 11) is 4.52. The monoisotopic (exact) mass is 495 g/mol. The van der Waals surface area contributed by atoms with Crippen molar-refractivity contribution in [2.45, 2.75) is 12.0 Å². The van der Waals surface area contributed by atoms with E-state index in [9.17, 15) is 19.4 Å². The highest BCUT2D eigenvalue weighted by Gasteiger charge is 2.52. The van der Waals surface area contributed by atoms with E-state index in [1.54, 1.807) is 24.3 Å². The third-order valence-electron chi connectivity index (χ3n) is 7.00. The molecule has 0 bridgehead atoms. The van der Waals surface area contributed by atoms with E-state index in [-0.39, 0.29) is 35.8 Å². The molecular formula is C27H26FNO7. The van der Waals surface area contributed by atoms with E-state index in [1.165, 1.54) is 45.6 Å². The predicted octanol–water partition coefficient (Wildman–Crippen LogP) is 4.35. The van der Waals surface area contributed by atoms with Crippen molar-refractivity contribution >= 4 is 11.7 Å². The zero-order chi connectivity index (χ0) is 25.6. The highest BCUT2D eigenvalue weighted by Crippen LogP contribution is 2.55. The highest BCUT2D eigenvalue weighted by molar-refractivity contribution is 5.79. The number of cyclic esters (lactones) is 1. The lowest BCUT2D eigenvalue weighted by atomic mass is 9.65. The quantitative estimate of drug-likeness (QED) is 0.342. The molecule has 1 aliphatic heterocycles. The van der Waals surface area contributed by atoms with Crippen molar-refractivity contribution in [2.24, 2.45) is 11.8 Å². The van der Waals surface area contributed by atoms with Crippen LogP contribution < -0.4 is 19.5 Å². The topological polar surface area (TPSA) is 106 Å². The minimum atomic E-state index is -0.609. The molecule has 2 aliphatic rings. The summed E-state index contributed by atoms with van der Waals surface area (Å²) in [5.74, 6) is -1.54. The normalized spacial score (nSPS) is 22.3. The fourth-order valence-corrected chi connectivity index (χ4v) is 5.39. The Bertz CT molecular complexity index is 1290. The van der Waals surface area contributed by atoms with Crippen LogP contribution in [0.1, 0.15) is 28.7 Å². The Kier molecular flexibility index (Phi) is 5.99. The van der Waals surface area contributed by atoms with Gasteiger partial charge in [0.15, 0.2) is 23.0 Å². The summed E-state index contributed by atoms with van der Waals surface area (Å²) in [6.45, 7) is 0.157. The van der Waals surface area contributed by atoms with Crippen LogP contribution in [0.15, 0.2) is 48.5 Å². The Labute approximate surface area is 207 Å². The fourth-order valence-electron chi connectivity index (χ4n) is 5.39. The molecule has 0 unspecified atom stereocenters. The summed E-state index contributed by atoms with van der Waals surface area (Å²) in [6, 6.07) is 12.0. The van der Waals surface area contributed by atoms with E-state index in [2.05, 4.69) is 5.32 Å². The number of anilines is 1. The van der Waals surface area contributed by atoms with Crippen LogP contribution >= 0.6 is 0 Å². The molecular weight excluding hydrogens is 469 g/mol. The molecule has 3 aromatic rings. The number of phenolic OH excluding ortho intramolecular Hbond substituents is 2. The van der Waals surface area contributed by atoms with Gasteiger partial charge in [-0.3, -0.25) is 4.79 Å². The molecule has 188 valence electrons. The van der Waals surface area contributed by atoms with Crippen LogP contribution in [0.5, 0.6) is 28.7 Å². The standard InChI is InChI=1S/C27H26FNO7/c1-33-21-8-13(9-22(34-2)26(21)35-3)23-16-10-19(30)20(31)11-17(16)25(18-12-36-27(32)24(18)23)29-15-6-4-14(28)5-7-15/h4-11,18,23-25,29-31H,12H2,1-3H3/t18-,23+,24-,25+/m0/s1. The van der Waals surface area contributed by atoms with Gasteiger partial charge in [-0.25, -0.2) is 4.39 Å². The molecule has 0 amide bonds. The second-order valence-corrected chi connectivity index (χ2v) is 8.85. The van der Waals surface area contributed by atoms with Crippen LogP contribution in [0, 0.1) is 17.7 Å². The van der Waals surface area contributed by atoms with Gasteiger partial charge in [-0.2, -0.15) is 0 Å². The van der Waals surface area contributed by atoms with Gasteiger partial charge in [0.2, 0.25) is 5.75 Å². The number of hydrogen-bond acceptors (Lipinski definition) is 8. The second-order valence-electron chi connectivity index (χ2n) is 8.85. The number of carbonyl (C=O) groups is 1. The molecule has 0 aromatic heterocycles.